The fraction of sp³-hybridized carbons (Fsp3) is 0.556. The average molecular weight is 348 g/mol. The van der Waals surface area contributed by atoms with E-state index in [1.165, 1.54) is 0 Å². The number of rotatable bonds is 1. The third-order valence-corrected chi connectivity index (χ3v) is 4.84. The van der Waals surface area contributed by atoms with Crippen LogP contribution < -0.4 is 0 Å². The van der Waals surface area contributed by atoms with Gasteiger partial charge in [-0.05, 0) is 52.4 Å². The molecule has 24 heavy (non-hydrogen) atoms. The third kappa shape index (κ3) is 3.28. The van der Waals surface area contributed by atoms with Crippen LogP contribution in [-0.2, 0) is 0 Å². The van der Waals surface area contributed by atoms with E-state index >= 15 is 0 Å². The predicted molar refractivity (Wildman–Crippen MR) is 101 cm³/mol. The molecule has 0 saturated carbocycles. The van der Waals surface area contributed by atoms with E-state index in [1.54, 1.807) is 0 Å². The zero-order valence-corrected chi connectivity index (χ0v) is 15.9. The van der Waals surface area contributed by atoms with Gasteiger partial charge in [0.1, 0.15) is 0 Å². The molecule has 0 bridgehead atoms. The van der Waals surface area contributed by atoms with Gasteiger partial charge in [-0.3, -0.25) is 0 Å². The van der Waals surface area contributed by atoms with Gasteiger partial charge >= 0.3 is 0 Å². The maximum Gasteiger partial charge on any atom is 0.223 e. The Balaban J connectivity index is 2.07. The molecule has 1 saturated heterocycles. The first-order valence-electron chi connectivity index (χ1n) is 8.50. The summed E-state index contributed by atoms with van der Waals surface area (Å²) in [5.41, 5.74) is 4.32. The van der Waals surface area contributed by atoms with Crippen molar-refractivity contribution in [3.63, 3.8) is 0 Å². The second-order valence-electron chi connectivity index (χ2n) is 6.93. The number of halogens is 1. The van der Waals surface area contributed by atoms with Gasteiger partial charge in [0, 0.05) is 42.5 Å². The maximum atomic E-state index is 6.28. The molecule has 1 aromatic carbocycles. The van der Waals surface area contributed by atoms with Gasteiger partial charge in [0.15, 0.2) is 0 Å². The van der Waals surface area contributed by atoms with Crippen LogP contribution in [0.5, 0.6) is 0 Å². The van der Waals surface area contributed by atoms with Crippen molar-refractivity contribution in [2.75, 3.05) is 33.2 Å². The van der Waals surface area contributed by atoms with Crippen LogP contribution in [0.15, 0.2) is 22.2 Å². The van der Waals surface area contributed by atoms with Gasteiger partial charge in [-0.15, -0.1) is 0 Å². The van der Waals surface area contributed by atoms with E-state index in [2.05, 4.69) is 35.7 Å². The van der Waals surface area contributed by atoms with Crippen LogP contribution in [0, 0.1) is 6.92 Å². The molecule has 6 heteroatoms. The van der Waals surface area contributed by atoms with Crippen LogP contribution in [0.3, 0.4) is 0 Å². The number of hydrogen-bond donors (Lipinski definition) is 0. The van der Waals surface area contributed by atoms with E-state index in [0.29, 0.717) is 0 Å². The number of likely N-dealkylation sites (N-methyl/N-ethyl adjacent to an activating group) is 1. The lowest BCUT2D eigenvalue weighted by Gasteiger charge is -2.41. The number of aliphatic imine (C=N–C) groups is 1. The summed E-state index contributed by atoms with van der Waals surface area (Å²) in [6.07, 6.45) is 0. The Labute approximate surface area is 149 Å². The SMILES string of the molecule is CC(C)=NN1C(N2CCN(C)CC2)=Nc2c(C)cc(Cl)cc2C1C. The van der Waals surface area contributed by atoms with Crippen LogP contribution in [0.25, 0.3) is 0 Å². The van der Waals surface area contributed by atoms with Crippen molar-refractivity contribution in [3.05, 3.63) is 28.3 Å². The molecule has 1 aromatic rings. The number of piperazine rings is 1. The minimum Gasteiger partial charge on any atom is -0.338 e. The molecule has 1 atom stereocenters. The molecule has 2 aliphatic heterocycles. The smallest absolute Gasteiger partial charge is 0.223 e. The first-order chi connectivity index (χ1) is 11.4. The highest BCUT2D eigenvalue weighted by Gasteiger charge is 2.32. The van der Waals surface area contributed by atoms with Gasteiger partial charge in [0.2, 0.25) is 5.96 Å². The summed E-state index contributed by atoms with van der Waals surface area (Å²) in [6.45, 7) is 12.3. The van der Waals surface area contributed by atoms with Crippen LogP contribution >= 0.6 is 11.6 Å². The molecule has 0 radical (unpaired) electrons. The van der Waals surface area contributed by atoms with E-state index in [9.17, 15) is 0 Å². The monoisotopic (exact) mass is 347 g/mol. The van der Waals surface area contributed by atoms with Crippen molar-refractivity contribution in [3.8, 4) is 0 Å². The number of guanidine groups is 1. The Kier molecular flexibility index (Phi) is 4.83. The summed E-state index contributed by atoms with van der Waals surface area (Å²) in [4.78, 5) is 9.70. The van der Waals surface area contributed by atoms with Crippen molar-refractivity contribution in [1.82, 2.24) is 14.8 Å². The number of hydrazone groups is 1. The number of benzene rings is 1. The summed E-state index contributed by atoms with van der Waals surface area (Å²) >= 11 is 6.28. The van der Waals surface area contributed by atoms with E-state index < -0.39 is 0 Å². The van der Waals surface area contributed by atoms with Crippen LogP contribution in [-0.4, -0.2) is 59.7 Å². The first kappa shape index (κ1) is 17.2. The Bertz CT molecular complexity index is 685. The topological polar surface area (TPSA) is 34.4 Å². The van der Waals surface area contributed by atoms with Crippen molar-refractivity contribution in [1.29, 1.82) is 0 Å². The summed E-state index contributed by atoms with van der Waals surface area (Å²) in [5, 5.41) is 7.58. The number of aryl methyl sites for hydroxylation is 1. The molecule has 0 amide bonds. The van der Waals surface area contributed by atoms with E-state index in [1.807, 2.05) is 26.0 Å². The fourth-order valence-corrected chi connectivity index (χ4v) is 3.54. The molecule has 130 valence electrons. The lowest BCUT2D eigenvalue weighted by molar-refractivity contribution is 0.186. The molecule has 0 aliphatic carbocycles. The number of fused-ring (bicyclic) bond motifs is 1. The zero-order chi connectivity index (χ0) is 17.4. The lowest BCUT2D eigenvalue weighted by Crippen LogP contribution is -2.52. The molecule has 2 aliphatic rings. The van der Waals surface area contributed by atoms with Gasteiger partial charge in [-0.25, -0.2) is 10.0 Å². The highest BCUT2D eigenvalue weighted by molar-refractivity contribution is 6.30. The van der Waals surface area contributed by atoms with Gasteiger partial charge in [0.05, 0.1) is 11.7 Å². The van der Waals surface area contributed by atoms with Crippen molar-refractivity contribution in [2.24, 2.45) is 10.1 Å². The van der Waals surface area contributed by atoms with Gasteiger partial charge in [-0.1, -0.05) is 11.6 Å². The molecular weight excluding hydrogens is 322 g/mol. The zero-order valence-electron chi connectivity index (χ0n) is 15.2. The summed E-state index contributed by atoms with van der Waals surface area (Å²) in [5.74, 6) is 0.953. The molecule has 1 unspecified atom stereocenters. The largest absolute Gasteiger partial charge is 0.338 e. The minimum absolute atomic E-state index is 0.111. The van der Waals surface area contributed by atoms with E-state index in [0.717, 1.165) is 59.7 Å². The predicted octanol–water partition coefficient (Wildman–Crippen LogP) is 3.66. The summed E-state index contributed by atoms with van der Waals surface area (Å²) in [6, 6.07) is 4.12. The second-order valence-corrected chi connectivity index (χ2v) is 7.37. The molecule has 0 N–H and O–H groups in total. The molecular formula is C18H26ClN5. The highest BCUT2D eigenvalue weighted by atomic mass is 35.5. The first-order valence-corrected chi connectivity index (χ1v) is 8.88. The fourth-order valence-electron chi connectivity index (χ4n) is 3.26. The molecule has 1 fully saturated rings. The Morgan fingerprint density at radius 1 is 1.21 bits per heavy atom. The Morgan fingerprint density at radius 2 is 1.88 bits per heavy atom. The van der Waals surface area contributed by atoms with E-state index in [-0.39, 0.29) is 6.04 Å². The van der Waals surface area contributed by atoms with Crippen molar-refractivity contribution in [2.45, 2.75) is 33.7 Å². The summed E-state index contributed by atoms with van der Waals surface area (Å²) in [7, 11) is 2.16. The van der Waals surface area contributed by atoms with Crippen molar-refractivity contribution < 1.29 is 0 Å². The Hall–Kier alpha value is -1.59. The molecule has 0 aromatic heterocycles. The van der Waals surface area contributed by atoms with Gasteiger partial charge < -0.3 is 9.80 Å². The molecule has 0 spiro atoms. The third-order valence-electron chi connectivity index (χ3n) is 4.62. The number of hydrogen-bond acceptors (Lipinski definition) is 5. The lowest BCUT2D eigenvalue weighted by atomic mass is 10.0. The van der Waals surface area contributed by atoms with Gasteiger partial charge in [-0.2, -0.15) is 5.10 Å². The molecule has 2 heterocycles. The second kappa shape index (κ2) is 6.73. The standard InChI is InChI=1S/C18H26ClN5/c1-12(2)21-24-14(4)16-11-15(19)10-13(3)17(16)20-18(24)23-8-6-22(5)7-9-23/h10-11,14H,6-9H2,1-5H3. The maximum absolute atomic E-state index is 6.28. The quantitative estimate of drug-likeness (QED) is 0.727. The molecule has 3 rings (SSSR count). The van der Waals surface area contributed by atoms with Crippen LogP contribution in [0.2, 0.25) is 5.02 Å². The summed E-state index contributed by atoms with van der Waals surface area (Å²) < 4.78 is 0. The van der Waals surface area contributed by atoms with Crippen LogP contribution in [0.4, 0.5) is 5.69 Å². The number of nitrogens with zero attached hydrogens (tertiary/aromatic N) is 5. The minimum atomic E-state index is 0.111. The van der Waals surface area contributed by atoms with Gasteiger partial charge in [0.25, 0.3) is 0 Å². The average Bonchev–Trinajstić information content (AvgIpc) is 2.51. The highest BCUT2D eigenvalue weighted by Crippen LogP contribution is 2.39. The normalized spacial score (nSPS) is 21.4. The van der Waals surface area contributed by atoms with Crippen molar-refractivity contribution >= 4 is 29.0 Å². The Morgan fingerprint density at radius 3 is 2.50 bits per heavy atom. The molecule has 5 nitrogen and oxygen atoms in total. The van der Waals surface area contributed by atoms with Crippen LogP contribution in [0.1, 0.15) is 37.9 Å². The van der Waals surface area contributed by atoms with E-state index in [4.69, 9.17) is 21.7 Å².